The van der Waals surface area contributed by atoms with Crippen molar-refractivity contribution in [2.45, 2.75) is 13.0 Å². The van der Waals surface area contributed by atoms with Crippen LogP contribution in [0.3, 0.4) is 0 Å². The van der Waals surface area contributed by atoms with E-state index in [1.54, 1.807) is 0 Å². The summed E-state index contributed by atoms with van der Waals surface area (Å²) in [4.78, 5) is 0. The second-order valence-corrected chi connectivity index (χ2v) is 5.66. The zero-order chi connectivity index (χ0) is 14.7. The topological polar surface area (TPSA) is 35.2 Å². The van der Waals surface area contributed by atoms with Crippen LogP contribution in [0.15, 0.2) is 40.9 Å². The molecule has 0 amide bonds. The van der Waals surface area contributed by atoms with Crippen LogP contribution in [0.5, 0.6) is 5.75 Å². The lowest BCUT2D eigenvalue weighted by molar-refractivity contribution is 0.211. The van der Waals surface area contributed by atoms with E-state index in [-0.39, 0.29) is 11.1 Å². The lowest BCUT2D eigenvalue weighted by Crippen LogP contribution is -2.19. The molecule has 0 aliphatic rings. The van der Waals surface area contributed by atoms with E-state index in [0.29, 0.717) is 16.8 Å². The molecule has 1 unspecified atom stereocenters. The quantitative estimate of drug-likeness (QED) is 0.809. The lowest BCUT2D eigenvalue weighted by atomic mass is 10.0. The molecule has 1 atom stereocenters. The van der Waals surface area contributed by atoms with Crippen molar-refractivity contribution in [1.29, 1.82) is 0 Å². The lowest BCUT2D eigenvalue weighted by Gasteiger charge is -2.20. The number of rotatable bonds is 4. The van der Waals surface area contributed by atoms with Gasteiger partial charge in [-0.25, -0.2) is 4.39 Å². The van der Waals surface area contributed by atoms with Crippen molar-refractivity contribution in [3.05, 3.63) is 62.8 Å². The first-order valence-electron chi connectivity index (χ1n) is 6.09. The number of benzene rings is 2. The molecule has 2 N–H and O–H groups in total. The van der Waals surface area contributed by atoms with E-state index in [1.165, 1.54) is 12.1 Å². The number of hydrogen-bond acceptors (Lipinski definition) is 2. The molecular weight excluding hydrogens is 345 g/mol. The number of nitrogens with two attached hydrogens (primary N) is 1. The maximum absolute atomic E-state index is 13.5. The Kier molecular flexibility index (Phi) is 5.02. The minimum Gasteiger partial charge on any atom is -0.483 e. The van der Waals surface area contributed by atoms with Crippen LogP contribution >= 0.6 is 27.5 Å². The molecule has 0 aromatic heterocycles. The van der Waals surface area contributed by atoms with Gasteiger partial charge >= 0.3 is 0 Å². The predicted octanol–water partition coefficient (Wildman–Crippen LogP) is 4.63. The van der Waals surface area contributed by atoms with Gasteiger partial charge in [-0.05, 0) is 40.0 Å². The molecule has 0 saturated carbocycles. The highest BCUT2D eigenvalue weighted by molar-refractivity contribution is 9.10. The van der Waals surface area contributed by atoms with Gasteiger partial charge < -0.3 is 10.5 Å². The summed E-state index contributed by atoms with van der Waals surface area (Å²) in [6.07, 6.45) is -0.340. The molecule has 0 aliphatic carbocycles. The number of ether oxygens (including phenoxy) is 1. The molecule has 2 rings (SSSR count). The number of hydrogen-bond donors (Lipinski definition) is 1. The van der Waals surface area contributed by atoms with Crippen molar-refractivity contribution < 1.29 is 9.13 Å². The minimum atomic E-state index is -0.523. The molecule has 0 radical (unpaired) electrons. The normalized spacial score (nSPS) is 12.2. The average molecular weight is 359 g/mol. The second kappa shape index (κ2) is 6.57. The van der Waals surface area contributed by atoms with Gasteiger partial charge in [0.1, 0.15) is 17.7 Å². The molecule has 106 valence electrons. The molecule has 0 heterocycles. The van der Waals surface area contributed by atoms with Crippen LogP contribution in [-0.2, 0) is 0 Å². The number of halogens is 3. The van der Waals surface area contributed by atoms with Gasteiger partial charge in [0.15, 0.2) is 0 Å². The van der Waals surface area contributed by atoms with Crippen molar-refractivity contribution in [3.8, 4) is 5.75 Å². The Morgan fingerprint density at radius 3 is 2.70 bits per heavy atom. The smallest absolute Gasteiger partial charge is 0.145 e. The van der Waals surface area contributed by atoms with E-state index in [4.69, 9.17) is 22.1 Å². The second-order valence-electron chi connectivity index (χ2n) is 4.40. The molecule has 0 spiro atoms. The Hall–Kier alpha value is -1.10. The molecule has 5 heteroatoms. The molecule has 2 aromatic carbocycles. The summed E-state index contributed by atoms with van der Waals surface area (Å²) in [5, 5.41) is 0.0458. The van der Waals surface area contributed by atoms with Crippen LogP contribution in [0, 0.1) is 12.7 Å². The molecule has 0 aliphatic heterocycles. The van der Waals surface area contributed by atoms with E-state index in [0.717, 1.165) is 11.1 Å². The molecule has 2 aromatic rings. The van der Waals surface area contributed by atoms with E-state index in [1.807, 2.05) is 31.2 Å². The van der Waals surface area contributed by atoms with E-state index >= 15 is 0 Å². The first kappa shape index (κ1) is 15.3. The Bertz CT molecular complexity index is 621. The number of aryl methyl sites for hydroxylation is 1. The van der Waals surface area contributed by atoms with Crippen LogP contribution in [0.4, 0.5) is 4.39 Å². The van der Waals surface area contributed by atoms with Gasteiger partial charge in [0, 0.05) is 12.6 Å². The minimum absolute atomic E-state index is 0.0458. The highest BCUT2D eigenvalue weighted by atomic mass is 79.9. The summed E-state index contributed by atoms with van der Waals surface area (Å²) in [6.45, 7) is 2.28. The van der Waals surface area contributed by atoms with Gasteiger partial charge in [-0.3, -0.25) is 0 Å². The molecule has 0 fully saturated rings. The fourth-order valence-corrected chi connectivity index (χ4v) is 2.67. The SMILES string of the molecule is Cc1ccccc1C(CN)Oc1cc(F)c(Cl)cc1Br. The van der Waals surface area contributed by atoms with Crippen LogP contribution in [-0.4, -0.2) is 6.54 Å². The van der Waals surface area contributed by atoms with Crippen LogP contribution in [0.1, 0.15) is 17.2 Å². The van der Waals surface area contributed by atoms with Crippen molar-refractivity contribution in [1.82, 2.24) is 0 Å². The van der Waals surface area contributed by atoms with Gasteiger partial charge in [-0.1, -0.05) is 35.9 Å². The van der Waals surface area contributed by atoms with E-state index in [2.05, 4.69) is 15.9 Å². The standard InChI is InChI=1S/C15H14BrClFNO/c1-9-4-2-3-5-10(9)15(8-19)20-14-7-13(18)12(17)6-11(14)16/h2-7,15H,8,19H2,1H3. The van der Waals surface area contributed by atoms with Crippen molar-refractivity contribution in [3.63, 3.8) is 0 Å². The zero-order valence-corrected chi connectivity index (χ0v) is 13.2. The van der Waals surface area contributed by atoms with Crippen molar-refractivity contribution >= 4 is 27.5 Å². The maximum atomic E-state index is 13.5. The Balaban J connectivity index is 2.32. The Morgan fingerprint density at radius 2 is 2.05 bits per heavy atom. The third kappa shape index (κ3) is 3.32. The van der Waals surface area contributed by atoms with Gasteiger partial charge in [-0.2, -0.15) is 0 Å². The third-order valence-electron chi connectivity index (χ3n) is 2.99. The molecule has 2 nitrogen and oxygen atoms in total. The summed E-state index contributed by atoms with van der Waals surface area (Å²) in [7, 11) is 0. The predicted molar refractivity (Wildman–Crippen MR) is 82.7 cm³/mol. The average Bonchev–Trinajstić information content (AvgIpc) is 2.42. The summed E-state index contributed by atoms with van der Waals surface area (Å²) < 4.78 is 20.0. The van der Waals surface area contributed by atoms with Crippen molar-refractivity contribution in [2.75, 3.05) is 6.54 Å². The van der Waals surface area contributed by atoms with Gasteiger partial charge in [0.25, 0.3) is 0 Å². The zero-order valence-electron chi connectivity index (χ0n) is 10.9. The van der Waals surface area contributed by atoms with Crippen molar-refractivity contribution in [2.24, 2.45) is 5.73 Å². The highest BCUT2D eigenvalue weighted by Gasteiger charge is 2.16. The largest absolute Gasteiger partial charge is 0.483 e. The summed E-state index contributed by atoms with van der Waals surface area (Å²) >= 11 is 9.03. The fraction of sp³-hybridized carbons (Fsp3) is 0.200. The molecule has 0 bridgehead atoms. The van der Waals surface area contributed by atoms with Gasteiger partial charge in [0.2, 0.25) is 0 Å². The first-order valence-corrected chi connectivity index (χ1v) is 7.26. The summed E-state index contributed by atoms with van der Waals surface area (Å²) in [6, 6.07) is 10.5. The van der Waals surface area contributed by atoms with E-state index in [9.17, 15) is 4.39 Å². The summed E-state index contributed by atoms with van der Waals surface area (Å²) in [5.74, 6) is -0.143. The van der Waals surface area contributed by atoms with Crippen LogP contribution in [0.2, 0.25) is 5.02 Å². The molecule has 0 saturated heterocycles. The maximum Gasteiger partial charge on any atom is 0.145 e. The van der Waals surface area contributed by atoms with Gasteiger partial charge in [-0.15, -0.1) is 0 Å². The molecular formula is C15H14BrClFNO. The Morgan fingerprint density at radius 1 is 1.35 bits per heavy atom. The highest BCUT2D eigenvalue weighted by Crippen LogP contribution is 2.33. The first-order chi connectivity index (χ1) is 9.52. The third-order valence-corrected chi connectivity index (χ3v) is 3.90. The Labute approximate surface area is 130 Å². The fourth-order valence-electron chi connectivity index (χ4n) is 1.93. The van der Waals surface area contributed by atoms with Gasteiger partial charge in [0.05, 0.1) is 9.50 Å². The molecule has 20 heavy (non-hydrogen) atoms. The monoisotopic (exact) mass is 357 g/mol. The van der Waals surface area contributed by atoms with Crippen LogP contribution in [0.25, 0.3) is 0 Å². The van der Waals surface area contributed by atoms with Crippen LogP contribution < -0.4 is 10.5 Å². The summed E-state index contributed by atoms with van der Waals surface area (Å²) in [5.41, 5.74) is 7.84. The van der Waals surface area contributed by atoms with E-state index < -0.39 is 5.82 Å².